The van der Waals surface area contributed by atoms with Gasteiger partial charge in [0.25, 0.3) is 0 Å². The third-order valence-electron chi connectivity index (χ3n) is 4.11. The Morgan fingerprint density at radius 1 is 1.37 bits per heavy atom. The number of hydrogen-bond acceptors (Lipinski definition) is 2. The van der Waals surface area contributed by atoms with Gasteiger partial charge in [-0.1, -0.05) is 48.6 Å². The van der Waals surface area contributed by atoms with Crippen molar-refractivity contribution in [2.24, 2.45) is 17.8 Å². The van der Waals surface area contributed by atoms with Crippen molar-refractivity contribution in [1.82, 2.24) is 0 Å². The lowest BCUT2D eigenvalue weighted by Gasteiger charge is -2.30. The normalized spacial score (nSPS) is 27.3. The minimum atomic E-state index is -0.409. The Bertz CT molecular complexity index is 317. The molecule has 110 valence electrons. The summed E-state index contributed by atoms with van der Waals surface area (Å²) in [6.07, 6.45) is 9.26. The predicted molar refractivity (Wildman–Crippen MR) is 88.5 cm³/mol. The highest BCUT2D eigenvalue weighted by atomic mass is 127. The van der Waals surface area contributed by atoms with Crippen molar-refractivity contribution in [1.29, 1.82) is 0 Å². The molecule has 0 amide bonds. The molecule has 0 fully saturated rings. The van der Waals surface area contributed by atoms with Gasteiger partial charge in [0.1, 0.15) is 3.42 Å². The molecule has 0 aromatic rings. The van der Waals surface area contributed by atoms with Gasteiger partial charge in [0, 0.05) is 0 Å². The lowest BCUT2D eigenvalue weighted by Crippen LogP contribution is -2.26. The molecule has 0 bridgehead atoms. The van der Waals surface area contributed by atoms with Gasteiger partial charge in [-0.25, -0.2) is 0 Å². The van der Waals surface area contributed by atoms with Gasteiger partial charge in [0.15, 0.2) is 0 Å². The monoisotopic (exact) mass is 378 g/mol. The zero-order chi connectivity index (χ0) is 14.5. The topological polar surface area (TPSA) is 26.3 Å². The van der Waals surface area contributed by atoms with Crippen LogP contribution in [-0.2, 0) is 9.53 Å². The highest BCUT2D eigenvalue weighted by molar-refractivity contribution is 14.1. The van der Waals surface area contributed by atoms with Crippen LogP contribution in [0, 0.1) is 17.8 Å². The van der Waals surface area contributed by atoms with E-state index in [2.05, 4.69) is 48.6 Å². The minimum Gasteiger partial charge on any atom is -0.465 e. The van der Waals surface area contributed by atoms with E-state index in [-0.39, 0.29) is 5.97 Å². The number of ether oxygens (including phenoxy) is 1. The quantitative estimate of drug-likeness (QED) is 0.219. The average Bonchev–Trinajstić information content (AvgIpc) is 2.32. The summed E-state index contributed by atoms with van der Waals surface area (Å²) < 4.78 is 4.87. The summed E-state index contributed by atoms with van der Waals surface area (Å²) >= 11 is 2.12. The van der Waals surface area contributed by atoms with E-state index in [4.69, 9.17) is 4.74 Å². The van der Waals surface area contributed by atoms with E-state index in [9.17, 15) is 4.79 Å². The van der Waals surface area contributed by atoms with Gasteiger partial charge in [0.05, 0.1) is 6.61 Å². The van der Waals surface area contributed by atoms with Crippen molar-refractivity contribution in [2.45, 2.75) is 56.8 Å². The van der Waals surface area contributed by atoms with E-state index >= 15 is 0 Å². The molecule has 0 aromatic heterocycles. The molecular weight excluding hydrogens is 351 g/mol. The zero-order valence-electron chi connectivity index (χ0n) is 12.6. The fourth-order valence-electron chi connectivity index (χ4n) is 2.46. The molecule has 0 saturated carbocycles. The van der Waals surface area contributed by atoms with Crippen LogP contribution < -0.4 is 0 Å². The van der Waals surface area contributed by atoms with Crippen molar-refractivity contribution in [3.8, 4) is 0 Å². The van der Waals surface area contributed by atoms with E-state index in [1.54, 1.807) is 0 Å². The number of rotatable bonds is 6. The van der Waals surface area contributed by atoms with Crippen molar-refractivity contribution < 1.29 is 9.53 Å². The van der Waals surface area contributed by atoms with Crippen LogP contribution in [0.15, 0.2) is 12.2 Å². The second kappa shape index (κ2) is 7.65. The molecule has 0 saturated heterocycles. The molecule has 0 aliphatic heterocycles. The van der Waals surface area contributed by atoms with Gasteiger partial charge in [0.2, 0.25) is 0 Å². The minimum absolute atomic E-state index is 0.104. The van der Waals surface area contributed by atoms with Gasteiger partial charge >= 0.3 is 5.97 Å². The van der Waals surface area contributed by atoms with Crippen LogP contribution in [-0.4, -0.2) is 16.0 Å². The van der Waals surface area contributed by atoms with E-state index in [0.717, 1.165) is 24.7 Å². The lowest BCUT2D eigenvalue weighted by molar-refractivity contribution is -0.145. The Kier molecular flexibility index (Phi) is 6.84. The molecule has 3 atom stereocenters. The summed E-state index contributed by atoms with van der Waals surface area (Å²) in [5.74, 6) is 2.18. The van der Waals surface area contributed by atoms with Crippen molar-refractivity contribution in [2.75, 3.05) is 6.61 Å². The number of carbonyl (C=O) groups is 1. The Morgan fingerprint density at radius 2 is 2.05 bits per heavy atom. The number of hydrogen-bond donors (Lipinski definition) is 0. The number of alkyl halides is 1. The maximum absolute atomic E-state index is 11.6. The lowest BCUT2D eigenvalue weighted by atomic mass is 9.76. The molecule has 2 nitrogen and oxygen atoms in total. The molecule has 1 aliphatic carbocycles. The number of unbranched alkanes of at least 4 members (excludes halogenated alkanes) is 1. The molecule has 1 rings (SSSR count). The smallest absolute Gasteiger partial charge is 0.321 e. The Balaban J connectivity index is 2.16. The highest BCUT2D eigenvalue weighted by Gasteiger charge is 2.25. The van der Waals surface area contributed by atoms with Gasteiger partial charge < -0.3 is 4.74 Å². The van der Waals surface area contributed by atoms with Crippen LogP contribution in [0.2, 0.25) is 0 Å². The molecule has 3 unspecified atom stereocenters. The van der Waals surface area contributed by atoms with Crippen molar-refractivity contribution >= 4 is 28.6 Å². The molecule has 3 heteroatoms. The Morgan fingerprint density at radius 3 is 2.68 bits per heavy atom. The summed E-state index contributed by atoms with van der Waals surface area (Å²) in [6.45, 7) is 9.02. The van der Waals surface area contributed by atoms with E-state index in [0.29, 0.717) is 12.5 Å². The second-order valence-electron chi connectivity index (χ2n) is 6.27. The van der Waals surface area contributed by atoms with Crippen LogP contribution >= 0.6 is 22.6 Å². The first-order valence-electron chi connectivity index (χ1n) is 7.35. The Labute approximate surface area is 131 Å². The summed E-state index contributed by atoms with van der Waals surface area (Å²) in [4.78, 5) is 11.6. The summed E-state index contributed by atoms with van der Waals surface area (Å²) in [5.41, 5.74) is 0. The molecule has 19 heavy (non-hydrogen) atoms. The fourth-order valence-corrected chi connectivity index (χ4v) is 2.61. The summed E-state index contributed by atoms with van der Waals surface area (Å²) in [7, 11) is 0. The molecule has 0 radical (unpaired) electrons. The van der Waals surface area contributed by atoms with Gasteiger partial charge in [-0.2, -0.15) is 0 Å². The van der Waals surface area contributed by atoms with Gasteiger partial charge in [-0.3, -0.25) is 4.79 Å². The Hall–Kier alpha value is -0.0600. The molecular formula is C16H27IO2. The summed E-state index contributed by atoms with van der Waals surface area (Å²) in [5, 5.41) is 0. The van der Waals surface area contributed by atoms with Crippen molar-refractivity contribution in [3.05, 3.63) is 12.2 Å². The van der Waals surface area contributed by atoms with E-state index < -0.39 is 3.42 Å². The fraction of sp³-hybridized carbons (Fsp3) is 0.812. The average molecular weight is 378 g/mol. The highest BCUT2D eigenvalue weighted by Crippen LogP contribution is 2.32. The zero-order valence-corrected chi connectivity index (χ0v) is 14.8. The van der Waals surface area contributed by atoms with Crippen LogP contribution in [0.1, 0.15) is 53.4 Å². The van der Waals surface area contributed by atoms with Crippen LogP contribution in [0.5, 0.6) is 0 Å². The number of halogens is 1. The number of allylic oxidation sites excluding steroid dienone is 2. The summed E-state index contributed by atoms with van der Waals surface area (Å²) in [6, 6.07) is 0. The third kappa shape index (κ3) is 5.84. The van der Waals surface area contributed by atoms with Crippen LogP contribution in [0.4, 0.5) is 0 Å². The number of carbonyl (C=O) groups excluding carboxylic acids is 1. The molecule has 0 N–H and O–H groups in total. The number of esters is 1. The largest absolute Gasteiger partial charge is 0.465 e. The first-order chi connectivity index (χ1) is 8.82. The van der Waals surface area contributed by atoms with Gasteiger partial charge in [-0.05, 0) is 57.3 Å². The molecule has 0 spiro atoms. The SMILES string of the molecule is CC1CC=CC(CCCCOC(=O)C(C)(C)I)C1C. The predicted octanol–water partition coefficient (Wildman–Crippen LogP) is 4.76. The molecule has 0 heterocycles. The molecule has 0 aromatic carbocycles. The second-order valence-corrected chi connectivity index (χ2v) is 8.97. The third-order valence-corrected chi connectivity index (χ3v) is 4.55. The first-order valence-corrected chi connectivity index (χ1v) is 8.43. The van der Waals surface area contributed by atoms with Gasteiger partial charge in [-0.15, -0.1) is 0 Å². The van der Waals surface area contributed by atoms with Crippen LogP contribution in [0.3, 0.4) is 0 Å². The first kappa shape index (κ1) is 17.0. The van der Waals surface area contributed by atoms with Crippen molar-refractivity contribution in [3.63, 3.8) is 0 Å². The van der Waals surface area contributed by atoms with Crippen LogP contribution in [0.25, 0.3) is 0 Å². The molecule has 1 aliphatic rings. The maximum atomic E-state index is 11.6. The van der Waals surface area contributed by atoms with E-state index in [1.807, 2.05) is 13.8 Å². The standard InChI is InChI=1S/C16H27IO2/c1-12-8-7-10-14(13(12)2)9-5-6-11-19-15(18)16(3,4)17/h7,10,12-14H,5-6,8-9,11H2,1-4H3. The maximum Gasteiger partial charge on any atom is 0.321 e. The van der Waals surface area contributed by atoms with E-state index in [1.165, 1.54) is 12.8 Å².